The molecule has 0 bridgehead atoms. The Morgan fingerprint density at radius 2 is 2.45 bits per heavy atom. The SMILES string of the molecule is C=C[C@](C)(CO)OCCC#N. The van der Waals surface area contributed by atoms with E-state index in [0.29, 0.717) is 13.0 Å². The first-order valence-corrected chi connectivity index (χ1v) is 3.44. The molecule has 0 unspecified atom stereocenters. The van der Waals surface area contributed by atoms with Crippen LogP contribution in [0.25, 0.3) is 0 Å². The van der Waals surface area contributed by atoms with E-state index in [1.165, 1.54) is 6.08 Å². The lowest BCUT2D eigenvalue weighted by molar-refractivity contribution is -0.0295. The number of rotatable bonds is 5. The van der Waals surface area contributed by atoms with Gasteiger partial charge in [0.15, 0.2) is 0 Å². The molecule has 0 saturated carbocycles. The number of aliphatic hydroxyl groups excluding tert-OH is 1. The van der Waals surface area contributed by atoms with Crippen molar-refractivity contribution in [3.05, 3.63) is 12.7 Å². The number of hydrogen-bond donors (Lipinski definition) is 1. The smallest absolute Gasteiger partial charge is 0.106 e. The molecule has 3 nitrogen and oxygen atoms in total. The van der Waals surface area contributed by atoms with Crippen LogP contribution in [-0.4, -0.2) is 23.9 Å². The Morgan fingerprint density at radius 1 is 1.82 bits per heavy atom. The topological polar surface area (TPSA) is 53.2 Å². The van der Waals surface area contributed by atoms with E-state index in [1.807, 2.05) is 6.07 Å². The molecule has 0 aliphatic carbocycles. The summed E-state index contributed by atoms with van der Waals surface area (Å²) in [7, 11) is 0. The fraction of sp³-hybridized carbons (Fsp3) is 0.625. The lowest BCUT2D eigenvalue weighted by Crippen LogP contribution is -2.30. The maximum atomic E-state index is 8.81. The van der Waals surface area contributed by atoms with Gasteiger partial charge in [-0.25, -0.2) is 0 Å². The number of aliphatic hydroxyl groups is 1. The molecule has 0 saturated heterocycles. The molecule has 0 heterocycles. The van der Waals surface area contributed by atoms with Gasteiger partial charge in [-0.3, -0.25) is 0 Å². The quantitative estimate of drug-likeness (QED) is 0.473. The minimum Gasteiger partial charge on any atom is -0.393 e. The summed E-state index contributed by atoms with van der Waals surface area (Å²) in [5, 5.41) is 17.0. The molecule has 0 aliphatic rings. The minimum atomic E-state index is -0.698. The Balaban J connectivity index is 3.71. The van der Waals surface area contributed by atoms with E-state index in [-0.39, 0.29) is 6.61 Å². The highest BCUT2D eigenvalue weighted by Crippen LogP contribution is 2.10. The second-order valence-electron chi connectivity index (χ2n) is 2.43. The van der Waals surface area contributed by atoms with Gasteiger partial charge in [0.2, 0.25) is 0 Å². The van der Waals surface area contributed by atoms with Gasteiger partial charge in [-0.1, -0.05) is 6.08 Å². The third-order valence-corrected chi connectivity index (χ3v) is 1.39. The van der Waals surface area contributed by atoms with Crippen molar-refractivity contribution in [2.45, 2.75) is 18.9 Å². The van der Waals surface area contributed by atoms with Crippen LogP contribution in [-0.2, 0) is 4.74 Å². The second-order valence-corrected chi connectivity index (χ2v) is 2.43. The molecule has 0 fully saturated rings. The summed E-state index contributed by atoms with van der Waals surface area (Å²) >= 11 is 0. The van der Waals surface area contributed by atoms with E-state index >= 15 is 0 Å². The summed E-state index contributed by atoms with van der Waals surface area (Å²) in [5.74, 6) is 0. The molecular formula is C8H13NO2. The van der Waals surface area contributed by atoms with Crippen molar-refractivity contribution in [3.63, 3.8) is 0 Å². The molecule has 62 valence electrons. The van der Waals surface area contributed by atoms with Gasteiger partial charge >= 0.3 is 0 Å². The summed E-state index contributed by atoms with van der Waals surface area (Å²) in [6.07, 6.45) is 1.87. The Labute approximate surface area is 66.9 Å². The molecule has 0 rings (SSSR count). The standard InChI is InChI=1S/C8H13NO2/c1-3-8(2,7-10)11-6-4-5-9/h3,10H,1,4,6-7H2,2H3/t8-/m1/s1. The van der Waals surface area contributed by atoms with Crippen molar-refractivity contribution >= 4 is 0 Å². The zero-order chi connectivity index (χ0) is 8.74. The Hall–Kier alpha value is -0.850. The van der Waals surface area contributed by atoms with E-state index in [2.05, 4.69) is 6.58 Å². The Bertz CT molecular complexity index is 162. The van der Waals surface area contributed by atoms with Crippen LogP contribution in [0.1, 0.15) is 13.3 Å². The largest absolute Gasteiger partial charge is 0.393 e. The van der Waals surface area contributed by atoms with Gasteiger partial charge in [0.05, 0.1) is 25.7 Å². The molecular weight excluding hydrogens is 142 g/mol. The van der Waals surface area contributed by atoms with Crippen LogP contribution in [0.3, 0.4) is 0 Å². The van der Waals surface area contributed by atoms with E-state index in [9.17, 15) is 0 Å². The minimum absolute atomic E-state index is 0.109. The van der Waals surface area contributed by atoms with Gasteiger partial charge in [-0.2, -0.15) is 5.26 Å². The molecule has 0 aromatic rings. The van der Waals surface area contributed by atoms with Crippen molar-refractivity contribution in [3.8, 4) is 6.07 Å². The fourth-order valence-corrected chi connectivity index (χ4v) is 0.499. The highest BCUT2D eigenvalue weighted by molar-refractivity contribution is 4.93. The third kappa shape index (κ3) is 3.76. The Morgan fingerprint density at radius 3 is 2.82 bits per heavy atom. The average molecular weight is 155 g/mol. The predicted molar refractivity (Wildman–Crippen MR) is 41.9 cm³/mol. The van der Waals surface area contributed by atoms with Crippen LogP contribution in [0.4, 0.5) is 0 Å². The van der Waals surface area contributed by atoms with Crippen molar-refractivity contribution in [2.75, 3.05) is 13.2 Å². The molecule has 0 aromatic carbocycles. The number of hydrogen-bond acceptors (Lipinski definition) is 3. The van der Waals surface area contributed by atoms with Crippen LogP contribution < -0.4 is 0 Å². The fourth-order valence-electron chi connectivity index (χ4n) is 0.499. The van der Waals surface area contributed by atoms with Gasteiger partial charge in [-0.15, -0.1) is 6.58 Å². The molecule has 11 heavy (non-hydrogen) atoms. The van der Waals surface area contributed by atoms with Gasteiger partial charge < -0.3 is 9.84 Å². The molecule has 1 atom stereocenters. The first kappa shape index (κ1) is 10.2. The molecule has 3 heteroatoms. The summed E-state index contributed by atoms with van der Waals surface area (Å²) in [5.41, 5.74) is -0.698. The third-order valence-electron chi connectivity index (χ3n) is 1.39. The maximum absolute atomic E-state index is 8.81. The molecule has 0 radical (unpaired) electrons. The number of nitriles is 1. The van der Waals surface area contributed by atoms with Crippen molar-refractivity contribution < 1.29 is 9.84 Å². The average Bonchev–Trinajstić information content (AvgIpc) is 2.05. The predicted octanol–water partition coefficient (Wildman–Crippen LogP) is 0.854. The van der Waals surface area contributed by atoms with Crippen molar-refractivity contribution in [1.82, 2.24) is 0 Å². The van der Waals surface area contributed by atoms with E-state index in [1.54, 1.807) is 6.92 Å². The number of nitrogens with zero attached hydrogens (tertiary/aromatic N) is 1. The van der Waals surface area contributed by atoms with E-state index in [0.717, 1.165) is 0 Å². The zero-order valence-electron chi connectivity index (χ0n) is 6.71. The van der Waals surface area contributed by atoms with Crippen molar-refractivity contribution in [1.29, 1.82) is 5.26 Å². The molecule has 0 aliphatic heterocycles. The monoisotopic (exact) mass is 155 g/mol. The van der Waals surface area contributed by atoms with Gasteiger partial charge in [0, 0.05) is 0 Å². The summed E-state index contributed by atoms with van der Waals surface area (Å²) in [4.78, 5) is 0. The van der Waals surface area contributed by atoms with Crippen molar-refractivity contribution in [2.24, 2.45) is 0 Å². The normalized spacial score (nSPS) is 15.0. The van der Waals surface area contributed by atoms with Crippen LogP contribution in [0.2, 0.25) is 0 Å². The summed E-state index contributed by atoms with van der Waals surface area (Å²) in [6, 6.07) is 1.95. The molecule has 0 spiro atoms. The van der Waals surface area contributed by atoms with Gasteiger partial charge in [0.1, 0.15) is 5.60 Å². The van der Waals surface area contributed by atoms with Crippen LogP contribution in [0, 0.1) is 11.3 Å². The van der Waals surface area contributed by atoms with Gasteiger partial charge in [-0.05, 0) is 6.92 Å². The first-order chi connectivity index (χ1) is 5.18. The van der Waals surface area contributed by atoms with E-state index in [4.69, 9.17) is 15.1 Å². The lowest BCUT2D eigenvalue weighted by Gasteiger charge is -2.22. The second kappa shape index (κ2) is 4.89. The highest BCUT2D eigenvalue weighted by atomic mass is 16.5. The summed E-state index contributed by atoms with van der Waals surface area (Å²) < 4.78 is 5.18. The molecule has 1 N–H and O–H groups in total. The van der Waals surface area contributed by atoms with Gasteiger partial charge in [0.25, 0.3) is 0 Å². The van der Waals surface area contributed by atoms with Crippen LogP contribution >= 0.6 is 0 Å². The van der Waals surface area contributed by atoms with Crippen LogP contribution in [0.15, 0.2) is 12.7 Å². The maximum Gasteiger partial charge on any atom is 0.106 e. The Kier molecular flexibility index (Phi) is 4.51. The van der Waals surface area contributed by atoms with Crippen LogP contribution in [0.5, 0.6) is 0 Å². The molecule has 0 amide bonds. The zero-order valence-corrected chi connectivity index (χ0v) is 6.71. The lowest BCUT2D eigenvalue weighted by atomic mass is 10.1. The first-order valence-electron chi connectivity index (χ1n) is 3.44. The van der Waals surface area contributed by atoms with E-state index < -0.39 is 5.60 Å². The molecule has 0 aromatic heterocycles. The summed E-state index contributed by atoms with van der Waals surface area (Å²) in [6.45, 7) is 5.46. The number of ether oxygens (including phenoxy) is 1. The highest BCUT2D eigenvalue weighted by Gasteiger charge is 2.18.